The number of para-hydroxylation sites is 1. The molecule has 5 heteroatoms. The minimum absolute atomic E-state index is 0.103. The van der Waals surface area contributed by atoms with Crippen LogP contribution >= 0.6 is 0 Å². The van der Waals surface area contributed by atoms with E-state index in [2.05, 4.69) is 27.7 Å². The predicted molar refractivity (Wildman–Crippen MR) is 79.9 cm³/mol. The molecule has 0 radical (unpaired) electrons. The molecule has 0 aromatic heterocycles. The van der Waals surface area contributed by atoms with Crippen LogP contribution in [0.2, 0.25) is 0 Å². The van der Waals surface area contributed by atoms with Crippen LogP contribution in [-0.4, -0.2) is 43.4 Å². The van der Waals surface area contributed by atoms with Gasteiger partial charge in [0.15, 0.2) is 0 Å². The van der Waals surface area contributed by atoms with Crippen molar-refractivity contribution in [3.05, 3.63) is 30.3 Å². The molecule has 1 aliphatic rings. The number of anilines is 1. The molecule has 3 N–H and O–H groups in total. The van der Waals surface area contributed by atoms with E-state index in [4.69, 9.17) is 5.11 Å². The van der Waals surface area contributed by atoms with Crippen molar-refractivity contribution < 1.29 is 9.90 Å². The lowest BCUT2D eigenvalue weighted by Crippen LogP contribution is -2.50. The molecule has 2 amide bonds. The first-order valence-electron chi connectivity index (χ1n) is 7.25. The van der Waals surface area contributed by atoms with E-state index in [1.165, 1.54) is 5.69 Å². The Kier molecular flexibility index (Phi) is 5.68. The molecule has 20 heavy (non-hydrogen) atoms. The molecule has 1 heterocycles. The highest BCUT2D eigenvalue weighted by Gasteiger charge is 2.21. The van der Waals surface area contributed by atoms with Gasteiger partial charge < -0.3 is 20.6 Å². The average Bonchev–Trinajstić information content (AvgIpc) is 2.49. The SMILES string of the molecule is O=C(NCCCO)NC1CCCN(c2ccccc2)C1. The van der Waals surface area contributed by atoms with Crippen LogP contribution in [-0.2, 0) is 0 Å². The predicted octanol–water partition coefficient (Wildman–Crippen LogP) is 1.34. The Balaban J connectivity index is 1.80. The summed E-state index contributed by atoms with van der Waals surface area (Å²) in [6.07, 6.45) is 2.68. The van der Waals surface area contributed by atoms with Gasteiger partial charge in [0.1, 0.15) is 0 Å². The molecule has 0 bridgehead atoms. The number of rotatable bonds is 5. The van der Waals surface area contributed by atoms with Crippen molar-refractivity contribution in [2.24, 2.45) is 0 Å². The monoisotopic (exact) mass is 277 g/mol. The van der Waals surface area contributed by atoms with Crippen LogP contribution in [0.15, 0.2) is 30.3 Å². The van der Waals surface area contributed by atoms with Crippen molar-refractivity contribution in [2.45, 2.75) is 25.3 Å². The lowest BCUT2D eigenvalue weighted by Gasteiger charge is -2.34. The summed E-state index contributed by atoms with van der Waals surface area (Å²) in [6.45, 7) is 2.49. The fourth-order valence-corrected chi connectivity index (χ4v) is 2.49. The second kappa shape index (κ2) is 7.75. The number of urea groups is 1. The second-order valence-electron chi connectivity index (χ2n) is 5.10. The van der Waals surface area contributed by atoms with Gasteiger partial charge in [0.2, 0.25) is 0 Å². The van der Waals surface area contributed by atoms with Gasteiger partial charge in [-0.25, -0.2) is 4.79 Å². The summed E-state index contributed by atoms with van der Waals surface area (Å²) in [5, 5.41) is 14.4. The van der Waals surface area contributed by atoms with Gasteiger partial charge in [-0.15, -0.1) is 0 Å². The quantitative estimate of drug-likeness (QED) is 0.712. The number of hydrogen-bond donors (Lipinski definition) is 3. The lowest BCUT2D eigenvalue weighted by atomic mass is 10.1. The summed E-state index contributed by atoms with van der Waals surface area (Å²) < 4.78 is 0. The number of benzene rings is 1. The van der Waals surface area contributed by atoms with Gasteiger partial charge in [-0.1, -0.05) is 18.2 Å². The van der Waals surface area contributed by atoms with E-state index in [0.29, 0.717) is 13.0 Å². The van der Waals surface area contributed by atoms with Gasteiger partial charge in [-0.2, -0.15) is 0 Å². The molecule has 1 aliphatic heterocycles. The van der Waals surface area contributed by atoms with Crippen molar-refractivity contribution in [1.29, 1.82) is 0 Å². The van der Waals surface area contributed by atoms with Crippen LogP contribution in [0.5, 0.6) is 0 Å². The van der Waals surface area contributed by atoms with E-state index in [-0.39, 0.29) is 18.7 Å². The van der Waals surface area contributed by atoms with E-state index in [1.54, 1.807) is 0 Å². The molecule has 1 aromatic rings. The summed E-state index contributed by atoms with van der Waals surface area (Å²) in [4.78, 5) is 14.0. The van der Waals surface area contributed by atoms with Gasteiger partial charge in [-0.05, 0) is 31.4 Å². The number of amides is 2. The third-order valence-corrected chi connectivity index (χ3v) is 3.50. The molecular formula is C15H23N3O2. The van der Waals surface area contributed by atoms with Gasteiger partial charge in [0.25, 0.3) is 0 Å². The molecular weight excluding hydrogens is 254 g/mol. The summed E-state index contributed by atoms with van der Waals surface area (Å²) in [5.41, 5.74) is 1.21. The fourth-order valence-electron chi connectivity index (χ4n) is 2.49. The first-order valence-corrected chi connectivity index (χ1v) is 7.25. The van der Waals surface area contributed by atoms with Gasteiger partial charge in [-0.3, -0.25) is 0 Å². The maximum Gasteiger partial charge on any atom is 0.315 e. The van der Waals surface area contributed by atoms with Crippen LogP contribution in [0, 0.1) is 0 Å². The van der Waals surface area contributed by atoms with Crippen molar-refractivity contribution in [3.63, 3.8) is 0 Å². The molecule has 1 unspecified atom stereocenters. The molecule has 1 atom stereocenters. The van der Waals surface area contributed by atoms with Crippen LogP contribution in [0.1, 0.15) is 19.3 Å². The van der Waals surface area contributed by atoms with Crippen molar-refractivity contribution in [1.82, 2.24) is 10.6 Å². The number of carbonyl (C=O) groups is 1. The Morgan fingerprint density at radius 2 is 2.15 bits per heavy atom. The van der Waals surface area contributed by atoms with Crippen molar-refractivity contribution in [3.8, 4) is 0 Å². The lowest BCUT2D eigenvalue weighted by molar-refractivity contribution is 0.232. The molecule has 110 valence electrons. The number of nitrogens with zero attached hydrogens (tertiary/aromatic N) is 1. The highest BCUT2D eigenvalue weighted by molar-refractivity contribution is 5.74. The number of aliphatic hydroxyl groups excluding tert-OH is 1. The number of aliphatic hydroxyl groups is 1. The fraction of sp³-hybridized carbons (Fsp3) is 0.533. The Morgan fingerprint density at radius 3 is 2.90 bits per heavy atom. The topological polar surface area (TPSA) is 64.6 Å². The first-order chi connectivity index (χ1) is 9.79. The number of nitrogens with one attached hydrogen (secondary N) is 2. The molecule has 2 rings (SSSR count). The molecule has 5 nitrogen and oxygen atoms in total. The summed E-state index contributed by atoms with van der Waals surface area (Å²) >= 11 is 0. The Bertz CT molecular complexity index is 411. The molecule has 1 aromatic carbocycles. The largest absolute Gasteiger partial charge is 0.396 e. The van der Waals surface area contributed by atoms with Crippen LogP contribution < -0.4 is 15.5 Å². The van der Waals surface area contributed by atoms with Crippen LogP contribution in [0.3, 0.4) is 0 Å². The zero-order valence-corrected chi connectivity index (χ0v) is 11.7. The number of hydrogen-bond acceptors (Lipinski definition) is 3. The molecule has 0 aliphatic carbocycles. The molecule has 1 saturated heterocycles. The van der Waals surface area contributed by atoms with Gasteiger partial charge in [0.05, 0.1) is 0 Å². The normalized spacial score (nSPS) is 18.6. The molecule has 1 fully saturated rings. The van der Waals surface area contributed by atoms with E-state index in [1.807, 2.05) is 18.2 Å². The van der Waals surface area contributed by atoms with Crippen LogP contribution in [0.4, 0.5) is 10.5 Å². The van der Waals surface area contributed by atoms with Crippen LogP contribution in [0.25, 0.3) is 0 Å². The molecule has 0 saturated carbocycles. The van der Waals surface area contributed by atoms with Crippen molar-refractivity contribution in [2.75, 3.05) is 31.1 Å². The Hall–Kier alpha value is -1.75. The first kappa shape index (κ1) is 14.7. The summed E-state index contributed by atoms with van der Waals surface area (Å²) in [5.74, 6) is 0. The Labute approximate surface area is 120 Å². The highest BCUT2D eigenvalue weighted by Crippen LogP contribution is 2.19. The third kappa shape index (κ3) is 4.42. The van der Waals surface area contributed by atoms with E-state index >= 15 is 0 Å². The number of piperidine rings is 1. The van der Waals surface area contributed by atoms with E-state index < -0.39 is 0 Å². The third-order valence-electron chi connectivity index (χ3n) is 3.50. The zero-order valence-electron chi connectivity index (χ0n) is 11.7. The zero-order chi connectivity index (χ0) is 14.2. The summed E-state index contributed by atoms with van der Waals surface area (Å²) in [6, 6.07) is 10.3. The highest BCUT2D eigenvalue weighted by atomic mass is 16.3. The van der Waals surface area contributed by atoms with E-state index in [0.717, 1.165) is 25.9 Å². The smallest absolute Gasteiger partial charge is 0.315 e. The molecule has 0 spiro atoms. The average molecular weight is 277 g/mol. The number of carbonyl (C=O) groups excluding carboxylic acids is 1. The minimum Gasteiger partial charge on any atom is -0.396 e. The van der Waals surface area contributed by atoms with Gasteiger partial charge in [0, 0.05) is 38.0 Å². The second-order valence-corrected chi connectivity index (χ2v) is 5.10. The standard InChI is InChI=1S/C15H23N3O2/c19-11-5-9-16-15(20)17-13-6-4-10-18(12-13)14-7-2-1-3-8-14/h1-3,7-8,13,19H,4-6,9-12H2,(H2,16,17,20). The maximum absolute atomic E-state index is 11.7. The Morgan fingerprint density at radius 1 is 1.35 bits per heavy atom. The minimum atomic E-state index is -0.140. The van der Waals surface area contributed by atoms with Gasteiger partial charge >= 0.3 is 6.03 Å². The summed E-state index contributed by atoms with van der Waals surface area (Å²) in [7, 11) is 0. The van der Waals surface area contributed by atoms with E-state index in [9.17, 15) is 4.79 Å². The maximum atomic E-state index is 11.7. The van der Waals surface area contributed by atoms with Crippen molar-refractivity contribution >= 4 is 11.7 Å².